The molecular weight excluding hydrogens is 254 g/mol. The molecule has 98 valence electrons. The third-order valence-electron chi connectivity index (χ3n) is 2.16. The summed E-state index contributed by atoms with van der Waals surface area (Å²) in [6.45, 7) is 0. The van der Waals surface area contributed by atoms with Crippen LogP contribution in [0.3, 0.4) is 0 Å². The van der Waals surface area contributed by atoms with Crippen molar-refractivity contribution in [3.63, 3.8) is 0 Å². The molecule has 0 aromatic heterocycles. The Bertz CT molecular complexity index is 459. The van der Waals surface area contributed by atoms with Gasteiger partial charge in [0.2, 0.25) is 0 Å². The second-order valence-electron chi connectivity index (χ2n) is 3.59. The summed E-state index contributed by atoms with van der Waals surface area (Å²) < 4.78 is 15.3. The lowest BCUT2D eigenvalue weighted by Crippen LogP contribution is -2.25. The van der Waals surface area contributed by atoms with Crippen molar-refractivity contribution >= 4 is 23.4 Å². The van der Waals surface area contributed by atoms with E-state index >= 15 is 0 Å². The molecule has 0 saturated heterocycles. The molecule has 0 amide bonds. The van der Waals surface area contributed by atoms with Gasteiger partial charge in [-0.15, -0.1) is 0 Å². The van der Waals surface area contributed by atoms with E-state index in [1.807, 2.05) is 0 Å². The monoisotopic (exact) mass is 269 g/mol. The number of hydrogen-bond acceptors (Lipinski definition) is 5. The maximum atomic E-state index is 11.7. The summed E-state index contributed by atoms with van der Waals surface area (Å²) in [5.41, 5.74) is 0.215. The van der Waals surface area contributed by atoms with Crippen LogP contribution in [-0.4, -0.2) is 44.4 Å². The maximum Gasteiger partial charge on any atom is 0.345 e. The van der Waals surface area contributed by atoms with E-state index in [0.717, 1.165) is 0 Å². The first-order valence-electron chi connectivity index (χ1n) is 5.15. The fourth-order valence-electron chi connectivity index (χ4n) is 1.25. The zero-order valence-corrected chi connectivity index (χ0v) is 11.5. The van der Waals surface area contributed by atoms with Gasteiger partial charge in [-0.05, 0) is 24.4 Å². The number of ether oxygens (including phenoxy) is 3. The Kier molecular flexibility index (Phi) is 4.91. The van der Waals surface area contributed by atoms with Gasteiger partial charge in [-0.2, -0.15) is 0 Å². The van der Waals surface area contributed by atoms with Crippen molar-refractivity contribution in [2.75, 3.05) is 28.3 Å². The smallest absolute Gasteiger partial charge is 0.345 e. The van der Waals surface area contributed by atoms with E-state index in [2.05, 4.69) is 0 Å². The predicted octanol–water partition coefficient (Wildman–Crippen LogP) is 1.71. The third-order valence-corrected chi connectivity index (χ3v) is 2.61. The van der Waals surface area contributed by atoms with Gasteiger partial charge in [-0.3, -0.25) is 0 Å². The molecule has 0 aliphatic carbocycles. The molecule has 0 fully saturated rings. The number of thiocarbonyl (C=S) groups is 1. The van der Waals surface area contributed by atoms with Crippen LogP contribution in [0.5, 0.6) is 11.5 Å². The fraction of sp³-hybridized carbons (Fsp3) is 0.333. The number of benzene rings is 1. The summed E-state index contributed by atoms with van der Waals surface area (Å²) in [7, 11) is 6.26. The molecule has 6 heteroatoms. The molecule has 0 aliphatic heterocycles. The number of carbonyl (C=O) groups is 1. The Morgan fingerprint density at radius 1 is 1.22 bits per heavy atom. The highest BCUT2D eigenvalue weighted by atomic mass is 32.1. The lowest BCUT2D eigenvalue weighted by atomic mass is 10.2. The fourth-order valence-corrected chi connectivity index (χ4v) is 1.34. The molecule has 1 aromatic carbocycles. The second kappa shape index (κ2) is 6.20. The predicted molar refractivity (Wildman–Crippen MR) is 71.2 cm³/mol. The van der Waals surface area contributed by atoms with Crippen LogP contribution >= 0.6 is 12.2 Å². The number of nitrogens with zero attached hydrogens (tertiary/aromatic N) is 1. The Morgan fingerprint density at radius 3 is 2.33 bits per heavy atom. The van der Waals surface area contributed by atoms with Crippen molar-refractivity contribution in [3.8, 4) is 11.5 Å². The highest BCUT2D eigenvalue weighted by Gasteiger charge is 2.20. The molecular formula is C12H15NO4S. The topological polar surface area (TPSA) is 48.0 Å². The number of carbonyl (C=O) groups excluding carboxylic acids is 1. The number of methoxy groups -OCH3 is 2. The molecule has 0 saturated carbocycles. The lowest BCUT2D eigenvalue weighted by Gasteiger charge is -2.17. The Labute approximate surface area is 111 Å². The molecule has 0 radical (unpaired) electrons. The largest absolute Gasteiger partial charge is 0.496 e. The summed E-state index contributed by atoms with van der Waals surface area (Å²) in [4.78, 5) is 13.3. The lowest BCUT2D eigenvalue weighted by molar-refractivity contribution is 0.0594. The minimum Gasteiger partial charge on any atom is -0.496 e. The van der Waals surface area contributed by atoms with Gasteiger partial charge in [0.15, 0.2) is 0 Å². The van der Waals surface area contributed by atoms with Crippen molar-refractivity contribution in [1.82, 2.24) is 4.90 Å². The van der Waals surface area contributed by atoms with Gasteiger partial charge in [-0.1, -0.05) is 6.07 Å². The molecule has 5 nitrogen and oxygen atoms in total. The van der Waals surface area contributed by atoms with Gasteiger partial charge in [0.1, 0.15) is 17.1 Å². The van der Waals surface area contributed by atoms with E-state index < -0.39 is 5.97 Å². The molecule has 0 aliphatic rings. The first-order chi connectivity index (χ1) is 8.51. The van der Waals surface area contributed by atoms with Crippen LogP contribution < -0.4 is 9.47 Å². The van der Waals surface area contributed by atoms with Crippen LogP contribution in [0, 0.1) is 0 Å². The normalized spacial score (nSPS) is 9.56. The Morgan fingerprint density at radius 2 is 1.83 bits per heavy atom. The van der Waals surface area contributed by atoms with Crippen LogP contribution in [-0.2, 0) is 4.74 Å². The first-order valence-corrected chi connectivity index (χ1v) is 5.56. The van der Waals surface area contributed by atoms with Crippen molar-refractivity contribution in [2.45, 2.75) is 0 Å². The van der Waals surface area contributed by atoms with E-state index in [4.69, 9.17) is 26.4 Å². The second-order valence-corrected chi connectivity index (χ2v) is 3.94. The van der Waals surface area contributed by atoms with Crippen LogP contribution in [0.1, 0.15) is 10.4 Å². The molecule has 0 N–H and O–H groups in total. The molecule has 18 heavy (non-hydrogen) atoms. The Balaban J connectivity index is 3.18. The molecule has 0 bridgehead atoms. The highest BCUT2D eigenvalue weighted by Crippen LogP contribution is 2.29. The van der Waals surface area contributed by atoms with Crippen molar-refractivity contribution in [1.29, 1.82) is 0 Å². The van der Waals surface area contributed by atoms with Crippen molar-refractivity contribution in [2.24, 2.45) is 0 Å². The Hall–Kier alpha value is -1.82. The number of hydrogen-bond donors (Lipinski definition) is 0. The van der Waals surface area contributed by atoms with Gasteiger partial charge < -0.3 is 19.1 Å². The van der Waals surface area contributed by atoms with Crippen LogP contribution in [0.25, 0.3) is 0 Å². The minimum absolute atomic E-state index is 0.215. The van der Waals surface area contributed by atoms with Gasteiger partial charge in [-0.25, -0.2) is 4.79 Å². The average molecular weight is 269 g/mol. The molecule has 1 aromatic rings. The zero-order chi connectivity index (χ0) is 13.7. The average Bonchev–Trinajstić information content (AvgIpc) is 2.37. The van der Waals surface area contributed by atoms with Gasteiger partial charge in [0, 0.05) is 14.1 Å². The van der Waals surface area contributed by atoms with Crippen LogP contribution in [0.2, 0.25) is 0 Å². The number of rotatable bonds is 3. The molecule has 0 atom stereocenters. The summed E-state index contributed by atoms with van der Waals surface area (Å²) in [5, 5.41) is 0.244. The maximum absolute atomic E-state index is 11.7. The summed E-state index contributed by atoms with van der Waals surface area (Å²) in [6.07, 6.45) is 0. The molecule has 0 heterocycles. The van der Waals surface area contributed by atoms with Crippen LogP contribution in [0.4, 0.5) is 0 Å². The minimum atomic E-state index is -0.538. The quantitative estimate of drug-likeness (QED) is 0.615. The third kappa shape index (κ3) is 3.10. The van der Waals surface area contributed by atoms with Gasteiger partial charge in [0.05, 0.1) is 14.2 Å². The summed E-state index contributed by atoms with van der Waals surface area (Å²) >= 11 is 5.03. The SMILES string of the molecule is COC(=O)c1c(OC)cccc1OC(=S)N(C)C. The van der Waals surface area contributed by atoms with E-state index in [0.29, 0.717) is 11.5 Å². The highest BCUT2D eigenvalue weighted by molar-refractivity contribution is 7.80. The standard InChI is InChI=1S/C12H15NO4S/c1-13(2)12(18)17-9-7-5-6-8(15-3)10(9)11(14)16-4/h5-7H,1-4H3. The summed E-state index contributed by atoms with van der Waals surface area (Å²) in [6, 6.07) is 4.99. The molecule has 1 rings (SSSR count). The van der Waals surface area contributed by atoms with Crippen molar-refractivity contribution in [3.05, 3.63) is 23.8 Å². The number of esters is 1. The van der Waals surface area contributed by atoms with Crippen molar-refractivity contribution < 1.29 is 19.0 Å². The van der Waals surface area contributed by atoms with E-state index in [1.165, 1.54) is 14.2 Å². The van der Waals surface area contributed by atoms with E-state index in [9.17, 15) is 4.79 Å². The van der Waals surface area contributed by atoms with E-state index in [-0.39, 0.29) is 10.7 Å². The zero-order valence-electron chi connectivity index (χ0n) is 10.7. The molecule has 0 spiro atoms. The van der Waals surface area contributed by atoms with Crippen LogP contribution in [0.15, 0.2) is 18.2 Å². The van der Waals surface area contributed by atoms with Gasteiger partial charge in [0.25, 0.3) is 5.17 Å². The summed E-state index contributed by atoms with van der Waals surface area (Å²) in [5.74, 6) is 0.143. The van der Waals surface area contributed by atoms with E-state index in [1.54, 1.807) is 37.2 Å². The van der Waals surface area contributed by atoms with Gasteiger partial charge >= 0.3 is 5.97 Å². The first kappa shape index (κ1) is 14.2. The molecule has 0 unspecified atom stereocenters.